The van der Waals surface area contributed by atoms with E-state index in [1.807, 2.05) is 0 Å². The highest BCUT2D eigenvalue weighted by atomic mass is 127. The fourth-order valence-electron chi connectivity index (χ4n) is 1.94. The summed E-state index contributed by atoms with van der Waals surface area (Å²) in [7, 11) is 0. The number of nitrogens with two attached hydrogens (primary N) is 1. The maximum atomic E-state index is 11.2. The number of rotatable bonds is 2. The third-order valence-electron chi connectivity index (χ3n) is 2.77. The van der Waals surface area contributed by atoms with Crippen molar-refractivity contribution in [1.29, 1.82) is 0 Å². The van der Waals surface area contributed by atoms with Gasteiger partial charge in [-0.15, -0.1) is 0 Å². The van der Waals surface area contributed by atoms with E-state index in [1.54, 1.807) is 6.20 Å². The van der Waals surface area contributed by atoms with Crippen LogP contribution in [0.1, 0.15) is 12.8 Å². The Morgan fingerprint density at radius 3 is 3.12 bits per heavy atom. The molecule has 6 heteroatoms. The molecule has 1 fully saturated rings. The highest BCUT2D eigenvalue weighted by molar-refractivity contribution is 14.1. The molecule has 1 aromatic heterocycles. The van der Waals surface area contributed by atoms with Crippen LogP contribution in [-0.4, -0.2) is 29.0 Å². The van der Waals surface area contributed by atoms with Gasteiger partial charge in [-0.3, -0.25) is 4.79 Å². The minimum absolute atomic E-state index is 0.0560. The number of carbonyl (C=O) groups excluding carboxylic acids is 1. The number of piperidine rings is 1. The summed E-state index contributed by atoms with van der Waals surface area (Å²) in [5.74, 6) is 0.634. The van der Waals surface area contributed by atoms with Crippen molar-refractivity contribution in [2.24, 2.45) is 11.7 Å². The summed E-state index contributed by atoms with van der Waals surface area (Å²) in [4.78, 5) is 21.5. The lowest BCUT2D eigenvalue weighted by molar-refractivity contribution is -0.122. The van der Waals surface area contributed by atoms with Crippen LogP contribution in [0.15, 0.2) is 12.5 Å². The molecule has 2 N–H and O–H groups in total. The molecule has 0 radical (unpaired) electrons. The molecule has 2 heterocycles. The quantitative estimate of drug-likeness (QED) is 0.813. The van der Waals surface area contributed by atoms with Crippen molar-refractivity contribution in [2.75, 3.05) is 18.0 Å². The van der Waals surface area contributed by atoms with E-state index in [0.717, 1.165) is 28.8 Å². The molecule has 1 aliphatic rings. The monoisotopic (exact) mass is 332 g/mol. The highest BCUT2D eigenvalue weighted by Gasteiger charge is 2.25. The van der Waals surface area contributed by atoms with Gasteiger partial charge in [-0.05, 0) is 35.4 Å². The first-order valence-electron chi connectivity index (χ1n) is 5.18. The Balaban J connectivity index is 2.16. The van der Waals surface area contributed by atoms with E-state index in [4.69, 9.17) is 5.73 Å². The first kappa shape index (κ1) is 11.6. The smallest absolute Gasteiger partial charge is 0.222 e. The molecule has 0 aliphatic carbocycles. The molecule has 86 valence electrons. The van der Waals surface area contributed by atoms with E-state index in [9.17, 15) is 4.79 Å². The van der Waals surface area contributed by atoms with E-state index in [2.05, 4.69) is 37.5 Å². The second-order valence-electron chi connectivity index (χ2n) is 3.88. The van der Waals surface area contributed by atoms with Crippen molar-refractivity contribution in [2.45, 2.75) is 12.8 Å². The van der Waals surface area contributed by atoms with Gasteiger partial charge in [0.15, 0.2) is 0 Å². The molecule has 1 aromatic rings. The van der Waals surface area contributed by atoms with Crippen LogP contribution in [0.5, 0.6) is 0 Å². The van der Waals surface area contributed by atoms with Gasteiger partial charge in [0.1, 0.15) is 12.1 Å². The van der Waals surface area contributed by atoms with Crippen LogP contribution in [-0.2, 0) is 4.79 Å². The molecule has 1 unspecified atom stereocenters. The number of nitrogens with zero attached hydrogens (tertiary/aromatic N) is 3. The van der Waals surface area contributed by atoms with E-state index in [-0.39, 0.29) is 11.8 Å². The zero-order valence-corrected chi connectivity index (χ0v) is 10.9. The van der Waals surface area contributed by atoms with Gasteiger partial charge in [0.05, 0.1) is 9.49 Å². The summed E-state index contributed by atoms with van der Waals surface area (Å²) < 4.78 is 1.00. The normalized spacial score (nSPS) is 20.8. The van der Waals surface area contributed by atoms with Crippen LogP contribution < -0.4 is 10.6 Å². The minimum atomic E-state index is -0.214. The molecule has 1 saturated heterocycles. The van der Waals surface area contributed by atoms with Gasteiger partial charge in [-0.2, -0.15) is 0 Å². The van der Waals surface area contributed by atoms with E-state index >= 15 is 0 Å². The number of halogens is 1. The number of aromatic nitrogens is 2. The van der Waals surface area contributed by atoms with Crippen LogP contribution in [0, 0.1) is 9.49 Å². The molecule has 0 aromatic carbocycles. The van der Waals surface area contributed by atoms with E-state index in [1.165, 1.54) is 6.33 Å². The molecule has 16 heavy (non-hydrogen) atoms. The van der Waals surface area contributed by atoms with Crippen LogP contribution >= 0.6 is 22.6 Å². The zero-order chi connectivity index (χ0) is 11.5. The lowest BCUT2D eigenvalue weighted by Crippen LogP contribution is -2.41. The molecule has 1 atom stereocenters. The van der Waals surface area contributed by atoms with Gasteiger partial charge in [0.25, 0.3) is 0 Å². The predicted octanol–water partition coefficient (Wildman–Crippen LogP) is 0.783. The average Bonchev–Trinajstić information content (AvgIpc) is 2.30. The summed E-state index contributed by atoms with van der Waals surface area (Å²) in [6.45, 7) is 1.60. The van der Waals surface area contributed by atoms with Crippen LogP contribution in [0.3, 0.4) is 0 Å². The van der Waals surface area contributed by atoms with Crippen LogP contribution in [0.2, 0.25) is 0 Å². The third kappa shape index (κ3) is 2.42. The topological polar surface area (TPSA) is 72.1 Å². The maximum absolute atomic E-state index is 11.2. The molecule has 0 bridgehead atoms. The zero-order valence-electron chi connectivity index (χ0n) is 8.77. The fraction of sp³-hybridized carbons (Fsp3) is 0.500. The second kappa shape index (κ2) is 4.94. The van der Waals surface area contributed by atoms with Crippen molar-refractivity contribution in [1.82, 2.24) is 9.97 Å². The number of amides is 1. The second-order valence-corrected chi connectivity index (χ2v) is 5.04. The van der Waals surface area contributed by atoms with Crippen molar-refractivity contribution < 1.29 is 4.79 Å². The SMILES string of the molecule is NC(=O)C1CCCN(c2ncncc2I)C1. The maximum Gasteiger partial charge on any atom is 0.222 e. The van der Waals surface area contributed by atoms with Crippen molar-refractivity contribution in [3.63, 3.8) is 0 Å². The number of carbonyl (C=O) groups is 1. The Kier molecular flexibility index (Phi) is 3.57. The number of anilines is 1. The van der Waals surface area contributed by atoms with Gasteiger partial charge in [-0.1, -0.05) is 0 Å². The van der Waals surface area contributed by atoms with Crippen LogP contribution in [0.4, 0.5) is 5.82 Å². The summed E-state index contributed by atoms with van der Waals surface area (Å²) in [6.07, 6.45) is 5.17. The lowest BCUT2D eigenvalue weighted by Gasteiger charge is -2.32. The number of primary amides is 1. The van der Waals surface area contributed by atoms with Crippen LogP contribution in [0.25, 0.3) is 0 Å². The van der Waals surface area contributed by atoms with Gasteiger partial charge in [-0.25, -0.2) is 9.97 Å². The summed E-state index contributed by atoms with van der Waals surface area (Å²) in [5, 5.41) is 0. The van der Waals surface area contributed by atoms with Crippen molar-refractivity contribution in [3.05, 3.63) is 16.1 Å². The molecule has 1 amide bonds. The largest absolute Gasteiger partial charge is 0.369 e. The van der Waals surface area contributed by atoms with Crippen molar-refractivity contribution >= 4 is 34.3 Å². The van der Waals surface area contributed by atoms with Gasteiger partial charge in [0.2, 0.25) is 5.91 Å². The Morgan fingerprint density at radius 1 is 1.62 bits per heavy atom. The molecular formula is C10H13IN4O. The highest BCUT2D eigenvalue weighted by Crippen LogP contribution is 2.24. The number of hydrogen-bond donors (Lipinski definition) is 1. The summed E-state index contributed by atoms with van der Waals surface area (Å²) in [6, 6.07) is 0. The Bertz CT molecular complexity index is 398. The van der Waals surface area contributed by atoms with Gasteiger partial charge in [0, 0.05) is 19.3 Å². The first-order valence-corrected chi connectivity index (χ1v) is 6.26. The Labute approximate surface area is 108 Å². The Hall–Kier alpha value is -0.920. The molecule has 1 aliphatic heterocycles. The average molecular weight is 332 g/mol. The summed E-state index contributed by atoms with van der Waals surface area (Å²) in [5.41, 5.74) is 5.35. The molecule has 0 spiro atoms. The molecule has 5 nitrogen and oxygen atoms in total. The number of hydrogen-bond acceptors (Lipinski definition) is 4. The van der Waals surface area contributed by atoms with Crippen molar-refractivity contribution in [3.8, 4) is 0 Å². The Morgan fingerprint density at radius 2 is 2.44 bits per heavy atom. The molecular weight excluding hydrogens is 319 g/mol. The predicted molar refractivity (Wildman–Crippen MR) is 68.9 cm³/mol. The molecule has 2 rings (SSSR count). The standard InChI is InChI=1S/C10H13IN4O/c11-8-4-13-6-14-10(8)15-3-1-2-7(5-15)9(12)16/h4,6-7H,1-3,5H2,(H2,12,16). The van der Waals surface area contributed by atoms with E-state index < -0.39 is 0 Å². The fourth-order valence-corrected chi connectivity index (χ4v) is 2.58. The minimum Gasteiger partial charge on any atom is -0.369 e. The van der Waals surface area contributed by atoms with E-state index in [0.29, 0.717) is 6.54 Å². The first-order chi connectivity index (χ1) is 7.68. The van der Waals surface area contributed by atoms with Gasteiger partial charge < -0.3 is 10.6 Å². The summed E-state index contributed by atoms with van der Waals surface area (Å²) >= 11 is 2.20. The van der Waals surface area contributed by atoms with Gasteiger partial charge >= 0.3 is 0 Å². The molecule has 0 saturated carbocycles. The third-order valence-corrected chi connectivity index (χ3v) is 3.53. The lowest BCUT2D eigenvalue weighted by atomic mass is 9.97.